The lowest BCUT2D eigenvalue weighted by molar-refractivity contribution is -0.137. The SMILES string of the molecule is CC(C)[Si]1(C(C)C)c2ccccc2-c2c1c1ccccc1n2-c1ccc(C(F)(F)F)cc1. The molecule has 1 aliphatic rings. The fourth-order valence-corrected chi connectivity index (χ4v) is 12.3. The van der Waals surface area contributed by atoms with E-state index in [0.717, 1.165) is 16.9 Å². The third-order valence-electron chi connectivity index (χ3n) is 7.19. The molecule has 2 heterocycles. The Bertz CT molecular complexity index is 1310. The lowest BCUT2D eigenvalue weighted by Gasteiger charge is -2.37. The molecule has 0 fully saturated rings. The second-order valence-electron chi connectivity index (χ2n) is 9.34. The van der Waals surface area contributed by atoms with Crippen LogP contribution in [0.1, 0.15) is 33.3 Å². The summed E-state index contributed by atoms with van der Waals surface area (Å²) in [5, 5.41) is 4.10. The molecule has 0 aliphatic carbocycles. The molecule has 0 unspecified atom stereocenters. The van der Waals surface area contributed by atoms with E-state index in [0.29, 0.717) is 11.1 Å². The Morgan fingerprint density at radius 1 is 0.750 bits per heavy atom. The predicted molar refractivity (Wildman–Crippen MR) is 129 cm³/mol. The van der Waals surface area contributed by atoms with Gasteiger partial charge in [-0.3, -0.25) is 0 Å². The highest BCUT2D eigenvalue weighted by Gasteiger charge is 2.52. The molecule has 0 radical (unpaired) electrons. The topological polar surface area (TPSA) is 4.93 Å². The van der Waals surface area contributed by atoms with Crippen LogP contribution in [0.15, 0.2) is 72.8 Å². The third kappa shape index (κ3) is 2.70. The summed E-state index contributed by atoms with van der Waals surface area (Å²) in [7, 11) is -2.15. The summed E-state index contributed by atoms with van der Waals surface area (Å²) in [6.45, 7) is 9.34. The quantitative estimate of drug-likeness (QED) is 0.296. The first-order valence-corrected chi connectivity index (χ1v) is 13.3. The Kier molecular flexibility index (Phi) is 4.68. The molecule has 0 atom stereocenters. The van der Waals surface area contributed by atoms with Crippen LogP contribution in [0.2, 0.25) is 11.1 Å². The van der Waals surface area contributed by atoms with Crippen LogP contribution in [-0.2, 0) is 6.18 Å². The van der Waals surface area contributed by atoms with Crippen molar-refractivity contribution in [1.82, 2.24) is 4.57 Å². The molecule has 3 aromatic carbocycles. The Morgan fingerprint density at radius 2 is 1.34 bits per heavy atom. The first-order valence-electron chi connectivity index (χ1n) is 11.1. The van der Waals surface area contributed by atoms with E-state index in [1.807, 2.05) is 6.07 Å². The summed E-state index contributed by atoms with van der Waals surface area (Å²) < 4.78 is 41.8. The lowest BCUT2D eigenvalue weighted by atomic mass is 10.1. The van der Waals surface area contributed by atoms with E-state index in [-0.39, 0.29) is 0 Å². The van der Waals surface area contributed by atoms with Gasteiger partial charge in [-0.05, 0) is 57.4 Å². The second kappa shape index (κ2) is 7.11. The van der Waals surface area contributed by atoms with Crippen molar-refractivity contribution in [2.75, 3.05) is 0 Å². The number of rotatable bonds is 3. The van der Waals surface area contributed by atoms with Crippen molar-refractivity contribution in [3.63, 3.8) is 0 Å². The highest BCUT2D eigenvalue weighted by Crippen LogP contribution is 2.45. The molecule has 0 saturated carbocycles. The van der Waals surface area contributed by atoms with Gasteiger partial charge in [-0.15, -0.1) is 0 Å². The predicted octanol–water partition coefficient (Wildman–Crippen LogP) is 7.01. The number of para-hydroxylation sites is 1. The van der Waals surface area contributed by atoms with Gasteiger partial charge < -0.3 is 4.57 Å². The zero-order chi connectivity index (χ0) is 22.8. The van der Waals surface area contributed by atoms with Crippen LogP contribution in [0.5, 0.6) is 0 Å². The van der Waals surface area contributed by atoms with Crippen LogP contribution in [-0.4, -0.2) is 12.6 Å². The largest absolute Gasteiger partial charge is 0.416 e. The first kappa shape index (κ1) is 21.1. The minimum absolute atomic E-state index is 0.483. The van der Waals surface area contributed by atoms with Gasteiger partial charge in [0.1, 0.15) is 8.07 Å². The van der Waals surface area contributed by atoms with Crippen molar-refractivity contribution < 1.29 is 13.2 Å². The van der Waals surface area contributed by atoms with Gasteiger partial charge in [-0.1, -0.05) is 70.2 Å². The maximum absolute atomic E-state index is 13.2. The Labute approximate surface area is 187 Å². The molecule has 32 heavy (non-hydrogen) atoms. The van der Waals surface area contributed by atoms with Gasteiger partial charge in [0.2, 0.25) is 0 Å². The van der Waals surface area contributed by atoms with Gasteiger partial charge in [0, 0.05) is 11.1 Å². The fourth-order valence-electron chi connectivity index (χ4n) is 6.03. The molecule has 5 rings (SSSR count). The average Bonchev–Trinajstić information content (AvgIpc) is 3.24. The number of benzene rings is 3. The van der Waals surface area contributed by atoms with Gasteiger partial charge in [0.05, 0.1) is 16.8 Å². The van der Waals surface area contributed by atoms with Gasteiger partial charge in [0.15, 0.2) is 0 Å². The van der Waals surface area contributed by atoms with Gasteiger partial charge >= 0.3 is 6.18 Å². The van der Waals surface area contributed by atoms with E-state index in [1.54, 1.807) is 12.1 Å². The minimum Gasteiger partial charge on any atom is -0.309 e. The third-order valence-corrected chi connectivity index (χ3v) is 13.5. The molecule has 0 amide bonds. The van der Waals surface area contributed by atoms with Crippen LogP contribution in [0, 0.1) is 0 Å². The summed E-state index contributed by atoms with van der Waals surface area (Å²) >= 11 is 0. The molecule has 4 aromatic rings. The monoisotopic (exact) mass is 449 g/mol. The Hall–Kier alpha value is -2.79. The van der Waals surface area contributed by atoms with E-state index in [1.165, 1.54) is 33.5 Å². The molecule has 0 spiro atoms. The van der Waals surface area contributed by atoms with Crippen molar-refractivity contribution >= 4 is 29.4 Å². The van der Waals surface area contributed by atoms with Crippen LogP contribution in [0.4, 0.5) is 13.2 Å². The highest BCUT2D eigenvalue weighted by atomic mass is 28.3. The van der Waals surface area contributed by atoms with Crippen LogP contribution >= 0.6 is 0 Å². The molecule has 5 heteroatoms. The summed E-state index contributed by atoms with van der Waals surface area (Å²) in [5.41, 5.74) is 4.56. The van der Waals surface area contributed by atoms with Gasteiger partial charge in [-0.2, -0.15) is 13.2 Å². The van der Waals surface area contributed by atoms with E-state index in [2.05, 4.69) is 74.7 Å². The van der Waals surface area contributed by atoms with E-state index >= 15 is 0 Å². The van der Waals surface area contributed by atoms with Crippen molar-refractivity contribution in [3.05, 3.63) is 78.4 Å². The second-order valence-corrected chi connectivity index (χ2v) is 14.4. The summed E-state index contributed by atoms with van der Waals surface area (Å²) in [5.74, 6) is 0. The maximum atomic E-state index is 13.2. The number of halogens is 3. The van der Waals surface area contributed by atoms with Crippen molar-refractivity contribution in [2.45, 2.75) is 45.0 Å². The summed E-state index contributed by atoms with van der Waals surface area (Å²) in [4.78, 5) is 0. The minimum atomic E-state index is -4.34. The number of nitrogens with zero attached hydrogens (tertiary/aromatic N) is 1. The molecule has 1 nitrogen and oxygen atoms in total. The number of fused-ring (bicyclic) bond motifs is 5. The zero-order valence-electron chi connectivity index (χ0n) is 18.7. The molecule has 1 aromatic heterocycles. The zero-order valence-corrected chi connectivity index (χ0v) is 19.7. The molecular formula is C27H26F3NSi. The Morgan fingerprint density at radius 3 is 1.97 bits per heavy atom. The molecule has 0 N–H and O–H groups in total. The molecule has 164 valence electrons. The lowest BCUT2D eigenvalue weighted by Crippen LogP contribution is -2.60. The molecular weight excluding hydrogens is 423 g/mol. The number of hydrogen-bond donors (Lipinski definition) is 0. The van der Waals surface area contributed by atoms with E-state index in [4.69, 9.17) is 0 Å². The van der Waals surface area contributed by atoms with Crippen molar-refractivity contribution in [2.24, 2.45) is 0 Å². The van der Waals surface area contributed by atoms with Crippen LogP contribution < -0.4 is 10.4 Å². The highest BCUT2D eigenvalue weighted by molar-refractivity contribution is 7.08. The molecule has 1 aliphatic heterocycles. The number of alkyl halides is 3. The number of hydrogen-bond acceptors (Lipinski definition) is 0. The standard InChI is InChI=1S/C27H26F3NSi/c1-17(2)32(18(3)4)24-12-8-6-10-22(24)25-26(32)21-9-5-7-11-23(21)31(25)20-15-13-19(14-16-20)27(28,29)30/h5-18H,1-4H3. The summed E-state index contributed by atoms with van der Waals surface area (Å²) in [6, 6.07) is 22.6. The molecule has 0 saturated heterocycles. The van der Waals surface area contributed by atoms with E-state index in [9.17, 15) is 13.2 Å². The maximum Gasteiger partial charge on any atom is 0.416 e. The average molecular weight is 450 g/mol. The molecule has 0 bridgehead atoms. The normalized spacial score (nSPS) is 14.9. The number of aromatic nitrogens is 1. The summed E-state index contributed by atoms with van der Waals surface area (Å²) in [6.07, 6.45) is -4.34. The smallest absolute Gasteiger partial charge is 0.309 e. The van der Waals surface area contributed by atoms with E-state index < -0.39 is 19.8 Å². The van der Waals surface area contributed by atoms with Crippen molar-refractivity contribution in [1.29, 1.82) is 0 Å². The van der Waals surface area contributed by atoms with Gasteiger partial charge in [-0.25, -0.2) is 0 Å². The van der Waals surface area contributed by atoms with Gasteiger partial charge in [0.25, 0.3) is 0 Å². The van der Waals surface area contributed by atoms with Crippen LogP contribution in [0.3, 0.4) is 0 Å². The van der Waals surface area contributed by atoms with Crippen molar-refractivity contribution in [3.8, 4) is 16.9 Å². The first-order chi connectivity index (χ1) is 15.2. The van der Waals surface area contributed by atoms with Crippen LogP contribution in [0.25, 0.3) is 27.8 Å². The Balaban J connectivity index is 1.91. The fraction of sp³-hybridized carbons (Fsp3) is 0.259.